The maximum Gasteiger partial charge on any atom is 0.245 e. The van der Waals surface area contributed by atoms with E-state index in [-0.39, 0.29) is 23.7 Å². The van der Waals surface area contributed by atoms with Gasteiger partial charge in [-0.25, -0.2) is 29.3 Å². The van der Waals surface area contributed by atoms with Gasteiger partial charge in [-0.1, -0.05) is 30.6 Å². The number of hydrogen-bond acceptors (Lipinski definition) is 17. The Morgan fingerprint density at radius 2 is 1.68 bits per heavy atom. The lowest BCUT2D eigenvalue weighted by Crippen LogP contribution is -2.49. The van der Waals surface area contributed by atoms with Crippen LogP contribution in [0.25, 0.3) is 22.3 Å². The van der Waals surface area contributed by atoms with E-state index in [9.17, 15) is 19.3 Å². The number of nitrogens with one attached hydrogen (secondary N) is 1. The molecule has 7 rings (SSSR count). The van der Waals surface area contributed by atoms with E-state index in [1.165, 1.54) is 29.9 Å². The fourth-order valence-corrected chi connectivity index (χ4v) is 8.17. The van der Waals surface area contributed by atoms with Gasteiger partial charge in [0.25, 0.3) is 0 Å². The van der Waals surface area contributed by atoms with Crippen LogP contribution in [0.4, 0.5) is 10.2 Å². The molecule has 270 valence electrons. The minimum Gasteiger partial charge on any atom is -0.472 e. The number of aliphatic hydroxyl groups excluding tert-OH is 2. The van der Waals surface area contributed by atoms with Gasteiger partial charge in [0, 0.05) is 6.54 Å². The van der Waals surface area contributed by atoms with Crippen molar-refractivity contribution in [3.8, 4) is 5.88 Å². The highest BCUT2D eigenvalue weighted by Crippen LogP contribution is 2.53. The van der Waals surface area contributed by atoms with E-state index < -0.39 is 82.4 Å². The molecule has 3 N–H and O–H groups in total. The Labute approximate surface area is 294 Å². The summed E-state index contributed by atoms with van der Waals surface area (Å²) in [5.74, 6) is 0.594. The second kappa shape index (κ2) is 14.7. The summed E-state index contributed by atoms with van der Waals surface area (Å²) in [5, 5.41) is 23.0. The molecule has 2 bridgehead atoms. The van der Waals surface area contributed by atoms with Crippen molar-refractivity contribution in [1.82, 2.24) is 39.0 Å². The van der Waals surface area contributed by atoms with Crippen LogP contribution in [0.15, 0.2) is 37.5 Å². The molecule has 0 aromatic carbocycles. The number of hydrogen-bond donors (Lipinski definition) is 5. The first-order valence-electron chi connectivity index (χ1n) is 15.2. The van der Waals surface area contributed by atoms with Crippen molar-refractivity contribution in [2.75, 3.05) is 31.7 Å². The number of nitrogens with zero attached hydrogens (tertiary/aromatic N) is 8. The molecule has 50 heavy (non-hydrogen) atoms. The van der Waals surface area contributed by atoms with Crippen LogP contribution in [0.5, 0.6) is 5.88 Å². The van der Waals surface area contributed by atoms with Crippen molar-refractivity contribution in [3.05, 3.63) is 37.5 Å². The number of imidazole rings is 2. The number of thiol groups is 2. The fraction of sp³-hybridized carbons (Fsp3) is 0.538. The average molecular weight is 776 g/mol. The molecule has 0 radical (unpaired) electrons. The zero-order valence-corrected chi connectivity index (χ0v) is 29.7. The number of ether oxygens (including phenoxy) is 4. The number of aliphatic hydroxyl groups is 2. The summed E-state index contributed by atoms with van der Waals surface area (Å²) in [5.41, 5.74) is 0.146. The van der Waals surface area contributed by atoms with E-state index >= 15 is 4.39 Å². The Morgan fingerprint density at radius 1 is 0.980 bits per heavy atom. The monoisotopic (exact) mass is 775 g/mol. The normalized spacial score (nSPS) is 32.0. The first-order valence-corrected chi connectivity index (χ1v) is 20.4. The van der Waals surface area contributed by atoms with Gasteiger partial charge >= 0.3 is 0 Å². The molecule has 4 aromatic rings. The van der Waals surface area contributed by atoms with Crippen LogP contribution in [0.2, 0.25) is 0 Å². The number of alkyl halides is 1. The molecule has 24 heteroatoms. The number of rotatable bonds is 14. The summed E-state index contributed by atoms with van der Waals surface area (Å²) in [7, 11) is -5.45. The molecule has 0 aliphatic carbocycles. The van der Waals surface area contributed by atoms with E-state index in [4.69, 9.17) is 28.0 Å². The summed E-state index contributed by atoms with van der Waals surface area (Å²) in [4.78, 5) is 25.8. The zero-order chi connectivity index (χ0) is 35.2. The van der Waals surface area contributed by atoms with Crippen LogP contribution in [-0.2, 0) is 32.4 Å². The van der Waals surface area contributed by atoms with Gasteiger partial charge in [0.15, 0.2) is 46.8 Å². The molecule has 0 amide bonds. The molecule has 3 aliphatic rings. The summed E-state index contributed by atoms with van der Waals surface area (Å²) in [6.07, 6.45) is 0.822. The fourth-order valence-electron chi connectivity index (χ4n) is 6.40. The van der Waals surface area contributed by atoms with Crippen LogP contribution in [-0.4, -0.2) is 118 Å². The highest BCUT2D eigenvalue weighted by molar-refractivity contribution is 8.39. The van der Waals surface area contributed by atoms with Gasteiger partial charge in [-0.3, -0.25) is 18.3 Å². The van der Waals surface area contributed by atoms with Crippen LogP contribution in [0.1, 0.15) is 19.4 Å². The lowest BCUT2D eigenvalue weighted by atomic mass is 9.94. The molecule has 11 atom stereocenters. The topological polar surface area (TPSA) is 229 Å². The van der Waals surface area contributed by atoms with E-state index in [2.05, 4.69) is 59.7 Å². The standard InChI is InChI=1S/C26H32FN9O10P2S2/c1-12-26(7-38)19(46-48(40)50)18(42-12)25(44-26)36-10-33-15-20(29-8-30-21(15)36)28-4-2-3-5-41-23-16-22(31-9-32-23)35(11-34-16)24-14(27)17(45-47(39)49)13(6-37)43-24/h2-3,8-14,17-19,24-25,37-38,47-48H,4-7H2,1H3,(H,39,49)(H,40,50)(H,28,29,30)/b3-2+/t12-,13+,14+,17+,18+,19-,24+,25+,26-/m0/s1. The van der Waals surface area contributed by atoms with Gasteiger partial charge < -0.3 is 43.5 Å². The van der Waals surface area contributed by atoms with Crippen LogP contribution >= 0.6 is 39.0 Å². The molecule has 7 heterocycles. The quantitative estimate of drug-likeness (QED) is 0.0697. The Kier molecular flexibility index (Phi) is 10.5. The molecular formula is C26H32FN9O10P2S2. The van der Waals surface area contributed by atoms with Crippen LogP contribution in [0, 0.1) is 0 Å². The molecule has 3 fully saturated rings. The number of fused-ring (bicyclic) bond motifs is 4. The first kappa shape index (κ1) is 35.6. The molecule has 4 aromatic heterocycles. The van der Waals surface area contributed by atoms with Crippen LogP contribution < -0.4 is 10.1 Å². The van der Waals surface area contributed by atoms with Crippen molar-refractivity contribution in [2.45, 2.75) is 61.7 Å². The second-order valence-corrected chi connectivity index (χ2v) is 15.1. The number of aromatic nitrogens is 8. The second-order valence-electron chi connectivity index (χ2n) is 11.4. The first-order chi connectivity index (χ1) is 24.2. The van der Waals surface area contributed by atoms with E-state index in [0.29, 0.717) is 23.5 Å². The highest BCUT2D eigenvalue weighted by Gasteiger charge is 2.67. The Balaban J connectivity index is 0.984. The predicted octanol–water partition coefficient (Wildman–Crippen LogP) is 1.70. The summed E-state index contributed by atoms with van der Waals surface area (Å²) in [6.45, 7) is 1.23. The van der Waals surface area contributed by atoms with E-state index in [0.717, 1.165) is 0 Å². The van der Waals surface area contributed by atoms with Gasteiger partial charge in [0.05, 0.1) is 32.0 Å². The Hall–Kier alpha value is -2.75. The van der Waals surface area contributed by atoms with Crippen molar-refractivity contribution in [2.24, 2.45) is 0 Å². The van der Waals surface area contributed by atoms with Crippen molar-refractivity contribution >= 4 is 67.1 Å². The Bertz CT molecular complexity index is 1950. The van der Waals surface area contributed by atoms with Crippen molar-refractivity contribution < 1.29 is 51.7 Å². The van der Waals surface area contributed by atoms with Crippen molar-refractivity contribution in [3.63, 3.8) is 0 Å². The van der Waals surface area contributed by atoms with Crippen molar-refractivity contribution in [1.29, 1.82) is 0 Å². The van der Waals surface area contributed by atoms with Gasteiger partial charge in [-0.15, -0.1) is 0 Å². The number of halogens is 1. The van der Waals surface area contributed by atoms with Gasteiger partial charge in [-0.2, -0.15) is 4.98 Å². The largest absolute Gasteiger partial charge is 0.472 e. The maximum atomic E-state index is 15.3. The zero-order valence-electron chi connectivity index (χ0n) is 25.9. The van der Waals surface area contributed by atoms with Gasteiger partial charge in [0.1, 0.15) is 49.3 Å². The predicted molar refractivity (Wildman–Crippen MR) is 180 cm³/mol. The maximum absolute atomic E-state index is 15.3. The SMILES string of the molecule is C[C@@H]1O[C@H]2[C@H](n3cnc4c(NC/C=C/COc5ncnc6c5ncn6[C@@H]5O[C@H](CO)[C@@H](O[PH](=O)S)[C@H]5F)ncnc43)O[C@]1(CO)[C@H]2O[PH](=O)S. The van der Waals surface area contributed by atoms with Gasteiger partial charge in [-0.05, 0) is 13.0 Å². The third kappa shape index (κ3) is 6.34. The molecule has 3 aliphatic heterocycles. The molecule has 3 saturated heterocycles. The summed E-state index contributed by atoms with van der Waals surface area (Å²) < 4.78 is 76.0. The molecular weight excluding hydrogens is 743 g/mol. The van der Waals surface area contributed by atoms with E-state index in [1.807, 2.05) is 0 Å². The average Bonchev–Trinajstić information content (AvgIpc) is 3.90. The molecule has 0 saturated carbocycles. The highest BCUT2D eigenvalue weighted by atomic mass is 32.7. The molecule has 19 nitrogen and oxygen atoms in total. The summed E-state index contributed by atoms with van der Waals surface area (Å²) in [6, 6.07) is 0. The third-order valence-electron chi connectivity index (χ3n) is 8.71. The lowest BCUT2D eigenvalue weighted by Gasteiger charge is -2.34. The minimum absolute atomic E-state index is 0.103. The minimum atomic E-state index is -2.79. The summed E-state index contributed by atoms with van der Waals surface area (Å²) >= 11 is 7.63. The third-order valence-corrected chi connectivity index (χ3v) is 10.3. The smallest absolute Gasteiger partial charge is 0.245 e. The van der Waals surface area contributed by atoms with Gasteiger partial charge in [0.2, 0.25) is 20.3 Å². The van der Waals surface area contributed by atoms with Crippen LogP contribution in [0.3, 0.4) is 0 Å². The lowest BCUT2D eigenvalue weighted by molar-refractivity contribution is -0.216. The molecule has 2 unspecified atom stereocenters. The van der Waals surface area contributed by atoms with E-state index in [1.54, 1.807) is 23.6 Å². The Morgan fingerprint density at radius 3 is 2.40 bits per heavy atom. The molecule has 0 spiro atoms. The number of anilines is 1.